The SMILES string of the molecule is c1ccc(-c2cccc(N(c3cccc(-c4cccc5c4ccc4ccccc45)c3)c3ccc(-c4cccc(-n5c6ccccc6c6ccccc65)c4)c4oc5ccccc5c34)c2)cc1. The molecule has 0 saturated carbocycles. The van der Waals surface area contributed by atoms with E-state index in [2.05, 4.69) is 252 Å². The van der Waals surface area contributed by atoms with Crippen LogP contribution in [0.2, 0.25) is 0 Å². The molecule has 0 radical (unpaired) electrons. The van der Waals surface area contributed by atoms with Crippen molar-refractivity contribution in [2.24, 2.45) is 0 Å². The molecule has 0 atom stereocenters. The van der Waals surface area contributed by atoms with Gasteiger partial charge in [-0.1, -0.05) is 176 Å². The van der Waals surface area contributed by atoms with Gasteiger partial charge in [0.2, 0.25) is 0 Å². The third kappa shape index (κ3) is 6.05. The number of nitrogens with zero attached hydrogens (tertiary/aromatic N) is 2. The fourth-order valence-corrected chi connectivity index (χ4v) is 10.2. The van der Waals surface area contributed by atoms with Crippen molar-refractivity contribution in [2.45, 2.75) is 0 Å². The van der Waals surface area contributed by atoms with Gasteiger partial charge in [-0.25, -0.2) is 0 Å². The lowest BCUT2D eigenvalue weighted by molar-refractivity contribution is 0.670. The third-order valence-electron chi connectivity index (χ3n) is 13.2. The molecule has 2 aromatic heterocycles. The fraction of sp³-hybridized carbons (Fsp3) is 0. The van der Waals surface area contributed by atoms with Crippen molar-refractivity contribution < 1.29 is 4.42 Å². The van der Waals surface area contributed by atoms with E-state index in [9.17, 15) is 0 Å². The molecule has 0 aliphatic heterocycles. The van der Waals surface area contributed by atoms with Gasteiger partial charge in [0.1, 0.15) is 11.2 Å². The van der Waals surface area contributed by atoms with Crippen molar-refractivity contribution in [3.05, 3.63) is 243 Å². The molecule has 11 aromatic carbocycles. The molecule has 0 amide bonds. The van der Waals surface area contributed by atoms with Gasteiger partial charge < -0.3 is 13.9 Å². The molecule has 0 bridgehead atoms. The minimum absolute atomic E-state index is 0.851. The van der Waals surface area contributed by atoms with Crippen LogP contribution in [-0.2, 0) is 0 Å². The van der Waals surface area contributed by atoms with Crippen LogP contribution in [0.3, 0.4) is 0 Å². The minimum Gasteiger partial charge on any atom is -0.455 e. The average Bonchev–Trinajstić information content (AvgIpc) is 3.94. The lowest BCUT2D eigenvalue weighted by atomic mass is 9.94. The maximum atomic E-state index is 7.01. The molecular weight excluding hydrogens is 789 g/mol. The lowest BCUT2D eigenvalue weighted by Crippen LogP contribution is -2.11. The van der Waals surface area contributed by atoms with Crippen LogP contribution in [0.15, 0.2) is 247 Å². The molecule has 0 aliphatic rings. The van der Waals surface area contributed by atoms with E-state index >= 15 is 0 Å². The number of aromatic nitrogens is 1. The first-order valence-electron chi connectivity index (χ1n) is 22.2. The van der Waals surface area contributed by atoms with Gasteiger partial charge in [0.15, 0.2) is 0 Å². The molecule has 13 rings (SSSR count). The maximum absolute atomic E-state index is 7.01. The summed E-state index contributed by atoms with van der Waals surface area (Å²) < 4.78 is 9.39. The first-order chi connectivity index (χ1) is 32.2. The number of hydrogen-bond donors (Lipinski definition) is 0. The predicted octanol–water partition coefficient (Wildman–Crippen LogP) is 17.5. The molecule has 0 fully saturated rings. The average molecular weight is 829 g/mol. The molecule has 3 heteroatoms. The van der Waals surface area contributed by atoms with E-state index in [1.165, 1.54) is 54.5 Å². The Kier molecular flexibility index (Phi) is 8.53. The highest BCUT2D eigenvalue weighted by molar-refractivity contribution is 6.18. The van der Waals surface area contributed by atoms with Crippen LogP contribution in [0, 0.1) is 0 Å². The van der Waals surface area contributed by atoms with Crippen LogP contribution in [-0.4, -0.2) is 4.57 Å². The number of furan rings is 1. The number of benzene rings is 11. The van der Waals surface area contributed by atoms with Crippen LogP contribution in [0.1, 0.15) is 0 Å². The molecule has 0 N–H and O–H groups in total. The molecular formula is C62H40N2O. The van der Waals surface area contributed by atoms with Crippen LogP contribution in [0.25, 0.3) is 104 Å². The van der Waals surface area contributed by atoms with Gasteiger partial charge in [0, 0.05) is 38.8 Å². The molecule has 3 nitrogen and oxygen atoms in total. The topological polar surface area (TPSA) is 21.3 Å². The summed E-state index contributed by atoms with van der Waals surface area (Å²) in [6, 6.07) is 87.6. The summed E-state index contributed by atoms with van der Waals surface area (Å²) in [5.41, 5.74) is 15.1. The highest BCUT2D eigenvalue weighted by Crippen LogP contribution is 2.48. The Balaban J connectivity index is 1.03. The predicted molar refractivity (Wildman–Crippen MR) is 274 cm³/mol. The summed E-state index contributed by atoms with van der Waals surface area (Å²) in [6.45, 7) is 0. The van der Waals surface area contributed by atoms with Crippen LogP contribution < -0.4 is 4.90 Å². The normalized spacial score (nSPS) is 11.7. The monoisotopic (exact) mass is 828 g/mol. The zero-order valence-corrected chi connectivity index (χ0v) is 35.4. The Hall–Kier alpha value is -8.66. The molecule has 0 saturated heterocycles. The summed E-state index contributed by atoms with van der Waals surface area (Å²) in [4.78, 5) is 2.42. The van der Waals surface area contributed by atoms with Crippen molar-refractivity contribution in [1.82, 2.24) is 4.57 Å². The quantitative estimate of drug-likeness (QED) is 0.149. The summed E-state index contributed by atoms with van der Waals surface area (Å²) in [5.74, 6) is 0. The van der Waals surface area contributed by atoms with Crippen molar-refractivity contribution in [1.29, 1.82) is 0 Å². The summed E-state index contributed by atoms with van der Waals surface area (Å²) in [7, 11) is 0. The minimum atomic E-state index is 0.851. The smallest absolute Gasteiger partial charge is 0.145 e. The highest BCUT2D eigenvalue weighted by Gasteiger charge is 2.24. The highest BCUT2D eigenvalue weighted by atomic mass is 16.3. The van der Waals surface area contributed by atoms with Crippen LogP contribution >= 0.6 is 0 Å². The summed E-state index contributed by atoms with van der Waals surface area (Å²) >= 11 is 0. The van der Waals surface area contributed by atoms with Gasteiger partial charge in [0.25, 0.3) is 0 Å². The van der Waals surface area contributed by atoms with Crippen LogP contribution in [0.5, 0.6) is 0 Å². The van der Waals surface area contributed by atoms with E-state index in [-0.39, 0.29) is 0 Å². The van der Waals surface area contributed by atoms with E-state index in [1.54, 1.807) is 0 Å². The molecule has 65 heavy (non-hydrogen) atoms. The van der Waals surface area contributed by atoms with Gasteiger partial charge in [-0.05, 0) is 116 Å². The second-order valence-corrected chi connectivity index (χ2v) is 16.8. The number of fused-ring (bicyclic) bond motifs is 9. The first kappa shape index (κ1) is 36.9. The molecule has 13 aromatic rings. The second kappa shape index (κ2) is 15.0. The Morgan fingerprint density at radius 2 is 0.923 bits per heavy atom. The zero-order chi connectivity index (χ0) is 42.8. The number of rotatable bonds is 7. The molecule has 304 valence electrons. The first-order valence-corrected chi connectivity index (χ1v) is 22.2. The van der Waals surface area contributed by atoms with Crippen molar-refractivity contribution in [3.63, 3.8) is 0 Å². The lowest BCUT2D eigenvalue weighted by Gasteiger charge is -2.28. The van der Waals surface area contributed by atoms with Gasteiger partial charge in [0.05, 0.1) is 22.1 Å². The molecule has 2 heterocycles. The second-order valence-electron chi connectivity index (χ2n) is 16.8. The van der Waals surface area contributed by atoms with Crippen molar-refractivity contribution in [2.75, 3.05) is 4.90 Å². The van der Waals surface area contributed by atoms with E-state index in [4.69, 9.17) is 4.42 Å². The van der Waals surface area contributed by atoms with Gasteiger partial charge >= 0.3 is 0 Å². The molecule has 0 spiro atoms. The fourth-order valence-electron chi connectivity index (χ4n) is 10.2. The Morgan fingerprint density at radius 1 is 0.338 bits per heavy atom. The van der Waals surface area contributed by atoms with E-state index < -0.39 is 0 Å². The number of hydrogen-bond acceptors (Lipinski definition) is 2. The largest absolute Gasteiger partial charge is 0.455 e. The van der Waals surface area contributed by atoms with E-state index in [0.29, 0.717) is 0 Å². The van der Waals surface area contributed by atoms with Crippen molar-refractivity contribution >= 4 is 82.4 Å². The van der Waals surface area contributed by atoms with Gasteiger partial charge in [-0.3, -0.25) is 0 Å². The summed E-state index contributed by atoms with van der Waals surface area (Å²) in [5, 5.41) is 9.61. The van der Waals surface area contributed by atoms with E-state index in [1.807, 2.05) is 0 Å². The molecule has 0 unspecified atom stereocenters. The number of anilines is 3. The zero-order valence-electron chi connectivity index (χ0n) is 35.4. The van der Waals surface area contributed by atoms with Gasteiger partial charge in [-0.2, -0.15) is 0 Å². The Labute approximate surface area is 376 Å². The van der Waals surface area contributed by atoms with Crippen LogP contribution in [0.4, 0.5) is 17.1 Å². The maximum Gasteiger partial charge on any atom is 0.145 e. The van der Waals surface area contributed by atoms with E-state index in [0.717, 1.165) is 66.9 Å². The molecule has 0 aliphatic carbocycles. The third-order valence-corrected chi connectivity index (χ3v) is 13.2. The summed E-state index contributed by atoms with van der Waals surface area (Å²) in [6.07, 6.45) is 0. The Morgan fingerprint density at radius 3 is 1.71 bits per heavy atom. The standard InChI is InChI=1S/C62H40N2O/c1-2-16-41(17-3-1)43-19-12-22-46(38-43)63(47-23-13-20-44(39-47)50-29-15-30-52-49-25-5-4-18-42(49)34-35-53(50)52)59-37-36-51(62-61(59)56-28-8-11-33-60(56)65-62)45-21-14-24-48(40-45)64-57-31-9-6-26-54(57)55-27-7-10-32-58(55)64/h1-40H. The van der Waals surface area contributed by atoms with Gasteiger partial charge in [-0.15, -0.1) is 0 Å². The Bertz CT molecular complexity index is 3920. The van der Waals surface area contributed by atoms with Crippen molar-refractivity contribution in [3.8, 4) is 39.1 Å². The number of para-hydroxylation sites is 3.